The summed E-state index contributed by atoms with van der Waals surface area (Å²) in [5.41, 5.74) is 1.78. The number of nitro benzene ring substituents is 1. The third-order valence-electron chi connectivity index (χ3n) is 2.45. The van der Waals surface area contributed by atoms with Crippen molar-refractivity contribution in [1.82, 2.24) is 0 Å². The minimum Gasteiger partial charge on any atom is -0.483 e. The van der Waals surface area contributed by atoms with Gasteiger partial charge in [-0.15, -0.1) is 0 Å². The Morgan fingerprint density at radius 2 is 1.65 bits per heavy atom. The maximum Gasteiger partial charge on any atom is 0.290 e. The van der Waals surface area contributed by atoms with Crippen molar-refractivity contribution < 1.29 is 14.8 Å². The number of carbonyl (C=O) groups is 1. The Hall–Kier alpha value is -2.89. The molecule has 6 nitrogen and oxygen atoms in total. The number of rotatable bonds is 4. The predicted octanol–water partition coefficient (Wildman–Crippen LogP) is 2.91. The van der Waals surface area contributed by atoms with Gasteiger partial charge in [0.1, 0.15) is 0 Å². The lowest BCUT2D eigenvalue weighted by atomic mass is 10.2. The van der Waals surface area contributed by atoms with Crippen molar-refractivity contribution in [3.05, 3.63) is 70.3 Å². The first-order valence-corrected chi connectivity index (χ1v) is 5.78. The van der Waals surface area contributed by atoms with Crippen LogP contribution in [0.5, 0.6) is 0 Å². The van der Waals surface area contributed by atoms with Gasteiger partial charge in [-0.05, 0) is 12.1 Å². The number of nitrogens with one attached hydrogen (secondary N) is 1. The van der Waals surface area contributed by atoms with E-state index in [0.717, 1.165) is 5.69 Å². The second kappa shape index (κ2) is 8.25. The summed E-state index contributed by atoms with van der Waals surface area (Å²) >= 11 is 0. The maximum atomic E-state index is 10.8. The van der Waals surface area contributed by atoms with E-state index >= 15 is 0 Å². The fourth-order valence-corrected chi connectivity index (χ4v) is 1.59. The zero-order valence-corrected chi connectivity index (χ0v) is 10.6. The van der Waals surface area contributed by atoms with Crippen molar-refractivity contribution in [2.45, 2.75) is 6.54 Å². The summed E-state index contributed by atoms with van der Waals surface area (Å²) in [5.74, 6) is 0. The zero-order chi connectivity index (χ0) is 14.8. The molecule has 0 aromatic heterocycles. The molecule has 0 unspecified atom stereocenters. The molecule has 104 valence electrons. The molecule has 0 aliphatic carbocycles. The summed E-state index contributed by atoms with van der Waals surface area (Å²) in [7, 11) is 0. The highest BCUT2D eigenvalue weighted by Crippen LogP contribution is 2.18. The Labute approximate surface area is 115 Å². The Bertz CT molecular complexity index is 558. The molecular weight excluding hydrogens is 260 g/mol. The molecule has 0 spiro atoms. The topological polar surface area (TPSA) is 92.5 Å². The highest BCUT2D eigenvalue weighted by Gasteiger charge is 2.11. The third-order valence-corrected chi connectivity index (χ3v) is 2.45. The van der Waals surface area contributed by atoms with Gasteiger partial charge in [-0.1, -0.05) is 36.4 Å². The summed E-state index contributed by atoms with van der Waals surface area (Å²) in [4.78, 5) is 18.8. The number of carboxylic acid groups (broad SMARTS) is 1. The quantitative estimate of drug-likeness (QED) is 0.508. The van der Waals surface area contributed by atoms with Crippen molar-refractivity contribution in [2.24, 2.45) is 0 Å². The van der Waals surface area contributed by atoms with Crippen LogP contribution in [0.3, 0.4) is 0 Å². The lowest BCUT2D eigenvalue weighted by Gasteiger charge is -2.06. The average Bonchev–Trinajstić information content (AvgIpc) is 2.47. The van der Waals surface area contributed by atoms with Crippen LogP contribution >= 0.6 is 0 Å². The van der Waals surface area contributed by atoms with Gasteiger partial charge in [0, 0.05) is 23.9 Å². The van der Waals surface area contributed by atoms with Crippen LogP contribution in [0.4, 0.5) is 11.4 Å². The Balaban J connectivity index is 0.000000612. The summed E-state index contributed by atoms with van der Waals surface area (Å²) in [6.07, 6.45) is 0. The smallest absolute Gasteiger partial charge is 0.290 e. The second-order valence-corrected chi connectivity index (χ2v) is 3.71. The van der Waals surface area contributed by atoms with E-state index in [4.69, 9.17) is 9.90 Å². The second-order valence-electron chi connectivity index (χ2n) is 3.71. The Morgan fingerprint density at radius 1 is 1.10 bits per heavy atom. The molecule has 0 aliphatic rings. The van der Waals surface area contributed by atoms with Gasteiger partial charge in [0.25, 0.3) is 12.2 Å². The summed E-state index contributed by atoms with van der Waals surface area (Å²) in [6.45, 7) is 0.196. The molecule has 0 amide bonds. The molecule has 6 heteroatoms. The summed E-state index contributed by atoms with van der Waals surface area (Å²) in [6, 6.07) is 16.4. The molecule has 2 aromatic carbocycles. The highest BCUT2D eigenvalue weighted by atomic mass is 16.6. The first-order chi connectivity index (χ1) is 9.69. The largest absolute Gasteiger partial charge is 0.483 e. The van der Waals surface area contributed by atoms with Crippen molar-refractivity contribution in [3.8, 4) is 0 Å². The first-order valence-electron chi connectivity index (χ1n) is 5.78. The number of para-hydroxylation sites is 2. The molecule has 2 N–H and O–H groups in total. The number of hydrogen-bond donors (Lipinski definition) is 2. The SMILES string of the molecule is O=CO.O=[N+]([O-])c1ccccc1CNc1ccccc1. The van der Waals surface area contributed by atoms with E-state index in [1.807, 2.05) is 30.3 Å². The monoisotopic (exact) mass is 274 g/mol. The minimum atomic E-state index is -0.359. The predicted molar refractivity (Wildman–Crippen MR) is 75.6 cm³/mol. The molecule has 0 aliphatic heterocycles. The van der Waals surface area contributed by atoms with Gasteiger partial charge in [-0.25, -0.2) is 0 Å². The van der Waals surface area contributed by atoms with Gasteiger partial charge in [0.15, 0.2) is 0 Å². The molecule has 0 bridgehead atoms. The van der Waals surface area contributed by atoms with E-state index in [1.54, 1.807) is 18.2 Å². The molecule has 0 atom stereocenters. The molecule has 2 aromatic rings. The van der Waals surface area contributed by atoms with E-state index in [1.165, 1.54) is 6.07 Å². The molecule has 0 saturated heterocycles. The molecule has 0 heterocycles. The van der Waals surface area contributed by atoms with Gasteiger partial charge in [-0.2, -0.15) is 0 Å². The van der Waals surface area contributed by atoms with Crippen molar-refractivity contribution >= 4 is 17.8 Å². The maximum absolute atomic E-state index is 10.8. The van der Waals surface area contributed by atoms with Gasteiger partial charge in [0.2, 0.25) is 0 Å². The fraction of sp³-hybridized carbons (Fsp3) is 0.0714. The van der Waals surface area contributed by atoms with Gasteiger partial charge < -0.3 is 10.4 Å². The first kappa shape index (κ1) is 15.2. The number of nitro groups is 1. The van der Waals surface area contributed by atoms with E-state index in [9.17, 15) is 10.1 Å². The van der Waals surface area contributed by atoms with E-state index < -0.39 is 0 Å². The normalized spacial score (nSPS) is 9.00. The average molecular weight is 274 g/mol. The summed E-state index contributed by atoms with van der Waals surface area (Å²) < 4.78 is 0. The van der Waals surface area contributed by atoms with Crippen LogP contribution in [0.1, 0.15) is 5.56 Å². The zero-order valence-electron chi connectivity index (χ0n) is 10.6. The number of nitrogens with zero attached hydrogens (tertiary/aromatic N) is 1. The van der Waals surface area contributed by atoms with Crippen LogP contribution in [-0.4, -0.2) is 16.5 Å². The number of anilines is 1. The highest BCUT2D eigenvalue weighted by molar-refractivity contribution is 5.46. The van der Waals surface area contributed by atoms with Crippen LogP contribution in [0.2, 0.25) is 0 Å². The number of hydrogen-bond acceptors (Lipinski definition) is 4. The van der Waals surface area contributed by atoms with Crippen LogP contribution < -0.4 is 5.32 Å². The molecule has 2 rings (SSSR count). The minimum absolute atomic E-state index is 0.149. The van der Waals surface area contributed by atoms with E-state index in [2.05, 4.69) is 5.32 Å². The van der Waals surface area contributed by atoms with Crippen molar-refractivity contribution in [2.75, 3.05) is 5.32 Å². The van der Waals surface area contributed by atoms with Crippen LogP contribution in [0, 0.1) is 10.1 Å². The van der Waals surface area contributed by atoms with E-state index in [-0.39, 0.29) is 17.1 Å². The standard InChI is InChI=1S/C13H12N2O2.CH2O2/c16-15(17)13-9-5-4-6-11(13)10-14-12-7-2-1-3-8-12;2-1-3/h1-9,14H,10H2;1H,(H,2,3). The molecule has 20 heavy (non-hydrogen) atoms. The van der Waals surface area contributed by atoms with Gasteiger partial charge in [-0.3, -0.25) is 14.9 Å². The molecule has 0 fully saturated rings. The third kappa shape index (κ3) is 4.77. The summed E-state index contributed by atoms with van der Waals surface area (Å²) in [5, 5.41) is 20.9. The van der Waals surface area contributed by atoms with Crippen LogP contribution in [-0.2, 0) is 11.3 Å². The van der Waals surface area contributed by atoms with Gasteiger partial charge in [0.05, 0.1) is 4.92 Å². The van der Waals surface area contributed by atoms with Crippen molar-refractivity contribution in [3.63, 3.8) is 0 Å². The van der Waals surface area contributed by atoms with E-state index in [0.29, 0.717) is 12.1 Å². The molecule has 0 radical (unpaired) electrons. The fourth-order valence-electron chi connectivity index (χ4n) is 1.59. The molecule has 0 saturated carbocycles. The lowest BCUT2D eigenvalue weighted by molar-refractivity contribution is -0.385. The van der Waals surface area contributed by atoms with Gasteiger partial charge >= 0.3 is 0 Å². The van der Waals surface area contributed by atoms with Crippen LogP contribution in [0.25, 0.3) is 0 Å². The number of benzene rings is 2. The lowest BCUT2D eigenvalue weighted by Crippen LogP contribution is -2.02. The van der Waals surface area contributed by atoms with Crippen LogP contribution in [0.15, 0.2) is 54.6 Å². The Morgan fingerprint density at radius 3 is 2.25 bits per heavy atom. The van der Waals surface area contributed by atoms with Crippen molar-refractivity contribution in [1.29, 1.82) is 0 Å². The molecular formula is C14H14N2O4. The Kier molecular flexibility index (Phi) is 6.26.